The van der Waals surface area contributed by atoms with Crippen LogP contribution >= 0.6 is 0 Å². The van der Waals surface area contributed by atoms with E-state index in [-0.39, 0.29) is 6.04 Å². The van der Waals surface area contributed by atoms with Gasteiger partial charge in [0, 0.05) is 31.9 Å². The molecular formula is C14H19N3O. The summed E-state index contributed by atoms with van der Waals surface area (Å²) in [6, 6.07) is 8.37. The predicted octanol–water partition coefficient (Wildman–Crippen LogP) is 1.93. The lowest BCUT2D eigenvalue weighted by atomic mass is 10.0. The smallest absolute Gasteiger partial charge is 0.119 e. The summed E-state index contributed by atoms with van der Waals surface area (Å²) in [6.07, 6.45) is 4.65. The van der Waals surface area contributed by atoms with Gasteiger partial charge in [-0.05, 0) is 24.7 Å². The summed E-state index contributed by atoms with van der Waals surface area (Å²) in [5.41, 5.74) is 1.21. The van der Waals surface area contributed by atoms with Gasteiger partial charge < -0.3 is 14.6 Å². The van der Waals surface area contributed by atoms with Gasteiger partial charge in [0.05, 0.1) is 7.11 Å². The number of hydrogen-bond donors (Lipinski definition) is 1. The Hall–Kier alpha value is -1.81. The van der Waals surface area contributed by atoms with Crippen LogP contribution in [0.2, 0.25) is 0 Å². The number of ether oxygens (including phenoxy) is 1. The third kappa shape index (κ3) is 2.71. The summed E-state index contributed by atoms with van der Waals surface area (Å²) in [6.45, 7) is 0. The first-order chi connectivity index (χ1) is 8.74. The fraction of sp³-hybridized carbons (Fsp3) is 0.357. The first-order valence-electron chi connectivity index (χ1n) is 6.02. The van der Waals surface area contributed by atoms with Crippen LogP contribution in [0.15, 0.2) is 36.7 Å². The van der Waals surface area contributed by atoms with Crippen molar-refractivity contribution in [2.45, 2.75) is 12.5 Å². The summed E-state index contributed by atoms with van der Waals surface area (Å²) in [7, 11) is 5.67. The maximum absolute atomic E-state index is 5.26. The van der Waals surface area contributed by atoms with Gasteiger partial charge in [0.2, 0.25) is 0 Å². The number of hydrogen-bond acceptors (Lipinski definition) is 3. The molecule has 0 fully saturated rings. The Morgan fingerprint density at radius 2 is 2.28 bits per heavy atom. The minimum Gasteiger partial charge on any atom is -0.497 e. The lowest BCUT2D eigenvalue weighted by Crippen LogP contribution is -2.20. The highest BCUT2D eigenvalue weighted by molar-refractivity contribution is 5.31. The molecule has 1 heterocycles. The maximum Gasteiger partial charge on any atom is 0.119 e. The topological polar surface area (TPSA) is 39.1 Å². The van der Waals surface area contributed by atoms with Crippen LogP contribution < -0.4 is 10.1 Å². The van der Waals surface area contributed by atoms with Crippen LogP contribution in [0.3, 0.4) is 0 Å². The first kappa shape index (κ1) is 12.6. The number of benzene rings is 1. The lowest BCUT2D eigenvalue weighted by Gasteiger charge is -2.17. The SMILES string of the molecule is CNC(Cc1nccn1C)c1cccc(OC)c1. The van der Waals surface area contributed by atoms with Crippen LogP contribution in [0.4, 0.5) is 0 Å². The highest BCUT2D eigenvalue weighted by atomic mass is 16.5. The third-order valence-corrected chi connectivity index (χ3v) is 3.15. The van der Waals surface area contributed by atoms with Crippen molar-refractivity contribution < 1.29 is 4.74 Å². The maximum atomic E-state index is 5.26. The number of nitrogens with zero attached hydrogens (tertiary/aromatic N) is 2. The van der Waals surface area contributed by atoms with E-state index in [1.165, 1.54) is 5.56 Å². The quantitative estimate of drug-likeness (QED) is 0.875. The molecule has 96 valence electrons. The fourth-order valence-electron chi connectivity index (χ4n) is 2.02. The van der Waals surface area contributed by atoms with Crippen molar-refractivity contribution in [3.8, 4) is 5.75 Å². The molecule has 2 rings (SSSR count). The van der Waals surface area contributed by atoms with E-state index in [0.29, 0.717) is 0 Å². The molecule has 0 aliphatic carbocycles. The molecule has 0 saturated carbocycles. The van der Waals surface area contributed by atoms with Crippen LogP contribution in [0.1, 0.15) is 17.4 Å². The van der Waals surface area contributed by atoms with Gasteiger partial charge in [-0.3, -0.25) is 0 Å². The number of imidazole rings is 1. The van der Waals surface area contributed by atoms with Gasteiger partial charge in [-0.25, -0.2) is 4.98 Å². The first-order valence-corrected chi connectivity index (χ1v) is 6.02. The van der Waals surface area contributed by atoms with Crippen LogP contribution in [-0.2, 0) is 13.5 Å². The lowest BCUT2D eigenvalue weighted by molar-refractivity contribution is 0.413. The Bertz CT molecular complexity index is 507. The summed E-state index contributed by atoms with van der Waals surface area (Å²) < 4.78 is 7.31. The molecule has 0 saturated heterocycles. The Balaban J connectivity index is 2.20. The average Bonchev–Trinajstić information content (AvgIpc) is 2.81. The number of rotatable bonds is 5. The van der Waals surface area contributed by atoms with Crippen LogP contribution in [-0.4, -0.2) is 23.7 Å². The van der Waals surface area contributed by atoms with Gasteiger partial charge >= 0.3 is 0 Å². The van der Waals surface area contributed by atoms with E-state index in [1.54, 1.807) is 7.11 Å². The highest BCUT2D eigenvalue weighted by Gasteiger charge is 2.13. The normalized spacial score (nSPS) is 12.4. The Labute approximate surface area is 108 Å². The molecule has 4 heteroatoms. The molecule has 2 aromatic rings. The molecule has 4 nitrogen and oxygen atoms in total. The van der Waals surface area contributed by atoms with Crippen LogP contribution in [0.5, 0.6) is 5.75 Å². The zero-order valence-electron chi connectivity index (χ0n) is 11.1. The summed E-state index contributed by atoms with van der Waals surface area (Å²) in [5, 5.41) is 3.33. The summed E-state index contributed by atoms with van der Waals surface area (Å²) >= 11 is 0. The standard InChI is InChI=1S/C14H19N3O/c1-15-13(10-14-16-7-8-17(14)2)11-5-4-6-12(9-11)18-3/h4-9,13,15H,10H2,1-3H3. The zero-order chi connectivity index (χ0) is 13.0. The molecule has 0 spiro atoms. The summed E-state index contributed by atoms with van der Waals surface area (Å²) in [4.78, 5) is 4.36. The van der Waals surface area contributed by atoms with E-state index in [2.05, 4.69) is 22.4 Å². The van der Waals surface area contributed by atoms with Crippen molar-refractivity contribution in [3.63, 3.8) is 0 Å². The monoisotopic (exact) mass is 245 g/mol. The summed E-state index contributed by atoms with van der Waals surface area (Å²) in [5.74, 6) is 1.95. The van der Waals surface area contributed by atoms with E-state index in [1.807, 2.05) is 43.2 Å². The van der Waals surface area contributed by atoms with Crippen molar-refractivity contribution in [2.75, 3.05) is 14.2 Å². The van der Waals surface area contributed by atoms with Crippen molar-refractivity contribution in [3.05, 3.63) is 48.0 Å². The van der Waals surface area contributed by atoms with Gasteiger partial charge in [-0.15, -0.1) is 0 Å². The van der Waals surface area contributed by atoms with E-state index in [0.717, 1.165) is 18.0 Å². The van der Waals surface area contributed by atoms with Gasteiger partial charge in [0.15, 0.2) is 0 Å². The second-order valence-electron chi connectivity index (χ2n) is 4.28. The van der Waals surface area contributed by atoms with Crippen molar-refractivity contribution >= 4 is 0 Å². The number of methoxy groups -OCH3 is 1. The molecule has 1 atom stereocenters. The minimum absolute atomic E-state index is 0.237. The number of likely N-dealkylation sites (N-methyl/N-ethyl adjacent to an activating group) is 1. The van der Waals surface area contributed by atoms with E-state index < -0.39 is 0 Å². The number of nitrogens with one attached hydrogen (secondary N) is 1. The fourth-order valence-corrected chi connectivity index (χ4v) is 2.02. The van der Waals surface area contributed by atoms with Crippen LogP contribution in [0.25, 0.3) is 0 Å². The molecule has 1 aromatic carbocycles. The largest absolute Gasteiger partial charge is 0.497 e. The van der Waals surface area contributed by atoms with Crippen molar-refractivity contribution in [1.82, 2.24) is 14.9 Å². The Morgan fingerprint density at radius 1 is 1.44 bits per heavy atom. The highest BCUT2D eigenvalue weighted by Crippen LogP contribution is 2.21. The van der Waals surface area contributed by atoms with Crippen molar-refractivity contribution in [1.29, 1.82) is 0 Å². The Morgan fingerprint density at radius 3 is 2.89 bits per heavy atom. The predicted molar refractivity (Wildman–Crippen MR) is 71.7 cm³/mol. The number of aryl methyl sites for hydroxylation is 1. The van der Waals surface area contributed by atoms with E-state index in [4.69, 9.17) is 4.74 Å². The third-order valence-electron chi connectivity index (χ3n) is 3.15. The molecular weight excluding hydrogens is 226 g/mol. The van der Waals surface area contributed by atoms with Gasteiger partial charge in [-0.2, -0.15) is 0 Å². The molecule has 1 N–H and O–H groups in total. The minimum atomic E-state index is 0.237. The Kier molecular flexibility index (Phi) is 3.99. The van der Waals surface area contributed by atoms with E-state index >= 15 is 0 Å². The molecule has 0 radical (unpaired) electrons. The molecule has 1 unspecified atom stereocenters. The molecule has 1 aromatic heterocycles. The van der Waals surface area contributed by atoms with Crippen molar-refractivity contribution in [2.24, 2.45) is 7.05 Å². The zero-order valence-corrected chi connectivity index (χ0v) is 11.1. The van der Waals surface area contributed by atoms with Gasteiger partial charge in [-0.1, -0.05) is 12.1 Å². The van der Waals surface area contributed by atoms with Gasteiger partial charge in [0.25, 0.3) is 0 Å². The van der Waals surface area contributed by atoms with E-state index in [9.17, 15) is 0 Å². The van der Waals surface area contributed by atoms with Crippen LogP contribution in [0, 0.1) is 0 Å². The molecule has 0 amide bonds. The molecule has 0 aliphatic rings. The molecule has 18 heavy (non-hydrogen) atoms. The second-order valence-corrected chi connectivity index (χ2v) is 4.28. The van der Waals surface area contributed by atoms with Gasteiger partial charge in [0.1, 0.15) is 11.6 Å². The molecule has 0 aliphatic heterocycles. The number of aromatic nitrogens is 2. The molecule has 0 bridgehead atoms. The average molecular weight is 245 g/mol. The second kappa shape index (κ2) is 5.69.